The lowest BCUT2D eigenvalue weighted by Crippen LogP contribution is -2.23. The van der Waals surface area contributed by atoms with Crippen LogP contribution in [-0.2, 0) is 0 Å². The standard InChI is InChI=1S/C17H13N4O2P/c22-15-13-14(19-16(23)21-15)20-17(18-13)24(11-7-3-1-4-8-11)12-9-5-2-6-10-12/h1-10H,(H3,18,19,20,21,22,23). The van der Waals surface area contributed by atoms with E-state index in [1.165, 1.54) is 0 Å². The highest BCUT2D eigenvalue weighted by Gasteiger charge is 2.21. The molecule has 0 radical (unpaired) electrons. The zero-order valence-electron chi connectivity index (χ0n) is 12.5. The molecule has 0 unspecified atom stereocenters. The normalized spacial score (nSPS) is 11.2. The summed E-state index contributed by atoms with van der Waals surface area (Å²) in [5, 5.41) is 2.22. The van der Waals surface area contributed by atoms with Gasteiger partial charge in [-0.1, -0.05) is 60.7 Å². The Morgan fingerprint density at radius 1 is 0.750 bits per heavy atom. The first kappa shape index (κ1) is 14.6. The van der Waals surface area contributed by atoms with Gasteiger partial charge in [0.15, 0.2) is 5.65 Å². The third-order valence-corrected chi connectivity index (χ3v) is 5.88. The van der Waals surface area contributed by atoms with Gasteiger partial charge in [0.2, 0.25) is 0 Å². The Kier molecular flexibility index (Phi) is 3.59. The maximum atomic E-state index is 12.0. The summed E-state index contributed by atoms with van der Waals surface area (Å²) in [5.41, 5.74) is 0.199. The van der Waals surface area contributed by atoms with Crippen LogP contribution in [0.2, 0.25) is 0 Å². The van der Waals surface area contributed by atoms with Crippen LogP contribution < -0.4 is 27.4 Å². The van der Waals surface area contributed by atoms with E-state index >= 15 is 0 Å². The first-order chi connectivity index (χ1) is 11.7. The molecule has 0 saturated heterocycles. The minimum atomic E-state index is -0.956. The Labute approximate surface area is 137 Å². The number of imidazole rings is 1. The van der Waals surface area contributed by atoms with Crippen molar-refractivity contribution in [2.45, 2.75) is 0 Å². The van der Waals surface area contributed by atoms with Gasteiger partial charge < -0.3 is 4.98 Å². The van der Waals surface area contributed by atoms with Crippen molar-refractivity contribution in [1.82, 2.24) is 19.9 Å². The molecule has 4 aromatic rings. The van der Waals surface area contributed by atoms with Gasteiger partial charge in [0.1, 0.15) is 11.1 Å². The molecule has 2 aromatic carbocycles. The maximum absolute atomic E-state index is 12.0. The fourth-order valence-corrected chi connectivity index (χ4v) is 4.73. The average molecular weight is 336 g/mol. The lowest BCUT2D eigenvalue weighted by atomic mass is 10.4. The molecule has 7 heteroatoms. The summed E-state index contributed by atoms with van der Waals surface area (Å²) >= 11 is 0. The van der Waals surface area contributed by atoms with Crippen molar-refractivity contribution in [3.63, 3.8) is 0 Å². The molecule has 0 aliphatic heterocycles. The highest BCUT2D eigenvalue weighted by molar-refractivity contribution is 7.79. The van der Waals surface area contributed by atoms with Crippen LogP contribution in [0.25, 0.3) is 11.2 Å². The monoisotopic (exact) mass is 336 g/mol. The Balaban J connectivity index is 1.96. The molecule has 0 atom stereocenters. The van der Waals surface area contributed by atoms with Crippen molar-refractivity contribution in [3.05, 3.63) is 81.5 Å². The number of fused-ring (bicyclic) bond motifs is 1. The summed E-state index contributed by atoms with van der Waals surface area (Å²) in [6, 6.07) is 20.0. The molecule has 0 saturated carbocycles. The van der Waals surface area contributed by atoms with Crippen LogP contribution in [0.1, 0.15) is 0 Å². The van der Waals surface area contributed by atoms with E-state index in [0.717, 1.165) is 10.6 Å². The number of nitrogens with zero attached hydrogens (tertiary/aromatic N) is 1. The van der Waals surface area contributed by atoms with Gasteiger partial charge in [0.25, 0.3) is 5.56 Å². The number of rotatable bonds is 3. The molecule has 0 amide bonds. The Morgan fingerprint density at radius 3 is 1.92 bits per heavy atom. The zero-order valence-corrected chi connectivity index (χ0v) is 13.4. The Morgan fingerprint density at radius 2 is 1.33 bits per heavy atom. The van der Waals surface area contributed by atoms with Crippen molar-refractivity contribution < 1.29 is 0 Å². The summed E-state index contributed by atoms with van der Waals surface area (Å²) in [7, 11) is -0.956. The van der Waals surface area contributed by atoms with Crippen LogP contribution in [0.5, 0.6) is 0 Å². The smallest absolute Gasteiger partial charge is 0.327 e. The summed E-state index contributed by atoms with van der Waals surface area (Å²) in [6.45, 7) is 0. The molecule has 0 bridgehead atoms. The molecule has 24 heavy (non-hydrogen) atoms. The van der Waals surface area contributed by atoms with E-state index in [9.17, 15) is 9.59 Å². The van der Waals surface area contributed by atoms with E-state index in [1.807, 2.05) is 60.7 Å². The lowest BCUT2D eigenvalue weighted by molar-refractivity contribution is 1.07. The summed E-state index contributed by atoms with van der Waals surface area (Å²) in [5.74, 6) is 0. The van der Waals surface area contributed by atoms with E-state index in [2.05, 4.69) is 19.9 Å². The minimum Gasteiger partial charge on any atom is -0.332 e. The molecule has 3 N–H and O–H groups in total. The van der Waals surface area contributed by atoms with E-state index in [-0.39, 0.29) is 11.2 Å². The number of nitrogens with one attached hydrogen (secondary N) is 3. The van der Waals surface area contributed by atoms with E-state index in [0.29, 0.717) is 5.57 Å². The van der Waals surface area contributed by atoms with Gasteiger partial charge in [-0.2, -0.15) is 0 Å². The largest absolute Gasteiger partial charge is 0.332 e. The second kappa shape index (κ2) is 5.91. The second-order valence-corrected chi connectivity index (χ2v) is 7.33. The molecule has 0 aliphatic rings. The SMILES string of the molecule is O=c1[nH]c(=O)c2[nH]c(P(c3ccccc3)c3ccccc3)nc2[nH]1. The molecule has 0 aliphatic carbocycles. The number of H-pyrrole nitrogens is 3. The average Bonchev–Trinajstić information content (AvgIpc) is 3.01. The minimum absolute atomic E-state index is 0.276. The Hall–Kier alpha value is -2.98. The van der Waals surface area contributed by atoms with E-state index in [4.69, 9.17) is 0 Å². The van der Waals surface area contributed by atoms with E-state index in [1.54, 1.807) is 0 Å². The quantitative estimate of drug-likeness (QED) is 0.481. The zero-order chi connectivity index (χ0) is 16.5. The highest BCUT2D eigenvalue weighted by atomic mass is 31.1. The number of hydrogen-bond acceptors (Lipinski definition) is 3. The number of benzene rings is 2. The predicted octanol–water partition coefficient (Wildman–Crippen LogP) is 0.698. The van der Waals surface area contributed by atoms with Crippen LogP contribution in [0.3, 0.4) is 0 Å². The van der Waals surface area contributed by atoms with Crippen LogP contribution in [0.4, 0.5) is 0 Å². The lowest BCUT2D eigenvalue weighted by Gasteiger charge is -2.15. The topological polar surface area (TPSA) is 94.4 Å². The number of aromatic amines is 3. The molecule has 2 heterocycles. The fraction of sp³-hybridized carbons (Fsp3) is 0. The molecule has 0 fully saturated rings. The predicted molar refractivity (Wildman–Crippen MR) is 96.0 cm³/mol. The van der Waals surface area contributed by atoms with Crippen LogP contribution >= 0.6 is 7.92 Å². The number of aromatic nitrogens is 4. The molecule has 4 rings (SSSR count). The van der Waals surface area contributed by atoms with Gasteiger partial charge >= 0.3 is 5.69 Å². The first-order valence-corrected chi connectivity index (χ1v) is 8.69. The van der Waals surface area contributed by atoms with Gasteiger partial charge in [-0.25, -0.2) is 9.78 Å². The van der Waals surface area contributed by atoms with Crippen LogP contribution in [-0.4, -0.2) is 19.9 Å². The molecular weight excluding hydrogens is 323 g/mol. The fourth-order valence-electron chi connectivity index (χ4n) is 2.57. The van der Waals surface area contributed by atoms with Crippen LogP contribution in [0, 0.1) is 0 Å². The van der Waals surface area contributed by atoms with Gasteiger partial charge in [-0.05, 0) is 10.6 Å². The molecule has 0 spiro atoms. The summed E-state index contributed by atoms with van der Waals surface area (Å²) in [6.07, 6.45) is 0. The van der Waals surface area contributed by atoms with Gasteiger partial charge in [-0.3, -0.25) is 14.8 Å². The Bertz CT molecular complexity index is 1060. The van der Waals surface area contributed by atoms with Crippen molar-refractivity contribution in [3.8, 4) is 0 Å². The van der Waals surface area contributed by atoms with Crippen molar-refractivity contribution >= 4 is 35.3 Å². The summed E-state index contributed by atoms with van der Waals surface area (Å²) in [4.78, 5) is 35.8. The van der Waals surface area contributed by atoms with Gasteiger partial charge in [0, 0.05) is 7.92 Å². The highest BCUT2D eigenvalue weighted by Crippen LogP contribution is 2.31. The van der Waals surface area contributed by atoms with Crippen molar-refractivity contribution in [2.75, 3.05) is 0 Å². The van der Waals surface area contributed by atoms with Crippen LogP contribution in [0.15, 0.2) is 70.3 Å². The van der Waals surface area contributed by atoms with Crippen molar-refractivity contribution in [2.24, 2.45) is 0 Å². The first-order valence-electron chi connectivity index (χ1n) is 7.35. The third kappa shape index (κ3) is 2.57. The summed E-state index contributed by atoms with van der Waals surface area (Å²) < 4.78 is 0. The van der Waals surface area contributed by atoms with E-state index < -0.39 is 19.2 Å². The van der Waals surface area contributed by atoms with Gasteiger partial charge in [0.05, 0.1) is 0 Å². The maximum Gasteiger partial charge on any atom is 0.327 e. The van der Waals surface area contributed by atoms with Crippen molar-refractivity contribution in [1.29, 1.82) is 0 Å². The number of hydrogen-bond donors (Lipinski definition) is 3. The van der Waals surface area contributed by atoms with Gasteiger partial charge in [-0.15, -0.1) is 0 Å². The molecule has 6 nitrogen and oxygen atoms in total. The second-order valence-electron chi connectivity index (χ2n) is 5.20. The third-order valence-electron chi connectivity index (χ3n) is 3.62. The molecule has 118 valence electrons. The molecule has 2 aromatic heterocycles. The molecular formula is C17H13N4O2P.